The number of carbonyl (C=O) groups is 2. The lowest BCUT2D eigenvalue weighted by Crippen LogP contribution is -2.40. The minimum atomic E-state index is -3.95. The zero-order valence-electron chi connectivity index (χ0n) is 29.6. The number of hydrogen-bond acceptors (Lipinski definition) is 7. The molecule has 1 saturated carbocycles. The van der Waals surface area contributed by atoms with Gasteiger partial charge in [-0.15, -0.1) is 0 Å². The molecule has 51 heavy (non-hydrogen) atoms. The van der Waals surface area contributed by atoms with Crippen LogP contribution in [0.3, 0.4) is 0 Å². The van der Waals surface area contributed by atoms with Gasteiger partial charge in [0.15, 0.2) is 0 Å². The summed E-state index contributed by atoms with van der Waals surface area (Å²) in [4.78, 5) is 28.0. The fourth-order valence-electron chi connectivity index (χ4n) is 6.08. The van der Waals surface area contributed by atoms with Crippen LogP contribution in [0.15, 0.2) is 103 Å². The van der Waals surface area contributed by atoms with Crippen LogP contribution < -0.4 is 9.46 Å². The number of amides is 2. The molecule has 2 N–H and O–H groups in total. The summed E-state index contributed by atoms with van der Waals surface area (Å²) in [5.74, 6) is -0.696. The zero-order chi connectivity index (χ0) is 36.4. The average molecular weight is 713 g/mol. The highest BCUT2D eigenvalue weighted by atomic mass is 32.2. The molecule has 0 unspecified atom stereocenters. The number of aliphatic hydroxyl groups excluding tert-OH is 1. The van der Waals surface area contributed by atoms with E-state index in [2.05, 4.69) is 4.72 Å². The predicted octanol–water partition coefficient (Wildman–Crippen LogP) is 7.84. The van der Waals surface area contributed by atoms with Crippen LogP contribution in [-0.2, 0) is 26.9 Å². The highest BCUT2D eigenvalue weighted by Gasteiger charge is 2.26. The molecular weight excluding hydrogens is 665 g/mol. The van der Waals surface area contributed by atoms with Gasteiger partial charge in [-0.25, -0.2) is 17.9 Å². The summed E-state index contributed by atoms with van der Waals surface area (Å²) in [6.07, 6.45) is 4.08. The number of ether oxygens (including phenoxy) is 2. The quantitative estimate of drug-likeness (QED) is 0.145. The van der Waals surface area contributed by atoms with E-state index >= 15 is 0 Å². The summed E-state index contributed by atoms with van der Waals surface area (Å²) >= 11 is 0. The molecule has 1 aliphatic rings. The molecule has 4 aromatic carbocycles. The first-order valence-corrected chi connectivity index (χ1v) is 19.2. The lowest BCUT2D eigenvalue weighted by Gasteiger charge is -2.29. The number of sulfonamides is 1. The van der Waals surface area contributed by atoms with Crippen molar-refractivity contribution >= 4 is 22.0 Å². The van der Waals surface area contributed by atoms with Gasteiger partial charge in [-0.05, 0) is 92.8 Å². The minimum absolute atomic E-state index is 0.0582. The Bertz CT molecular complexity index is 1850. The van der Waals surface area contributed by atoms with Crippen molar-refractivity contribution in [2.75, 3.05) is 13.1 Å². The maximum atomic E-state index is 13.4. The van der Waals surface area contributed by atoms with Crippen LogP contribution in [0.4, 0.5) is 4.79 Å². The lowest BCUT2D eigenvalue weighted by molar-refractivity contribution is 0.0147. The van der Waals surface area contributed by atoms with E-state index in [1.807, 2.05) is 75.4 Å². The first kappa shape index (κ1) is 37.6. The number of aliphatic hydroxyl groups is 1. The Kier molecular flexibility index (Phi) is 12.5. The maximum absolute atomic E-state index is 13.4. The van der Waals surface area contributed by atoms with Crippen LogP contribution in [0.2, 0.25) is 0 Å². The monoisotopic (exact) mass is 712 g/mol. The topological polar surface area (TPSA) is 122 Å². The Balaban J connectivity index is 1.31. The smallest absolute Gasteiger partial charge is 0.410 e. The van der Waals surface area contributed by atoms with E-state index in [9.17, 15) is 23.1 Å². The highest BCUT2D eigenvalue weighted by Crippen LogP contribution is 2.31. The second-order valence-corrected chi connectivity index (χ2v) is 15.8. The molecule has 5 rings (SSSR count). The second kappa shape index (κ2) is 17.0. The van der Waals surface area contributed by atoms with E-state index in [1.54, 1.807) is 48.5 Å². The molecule has 0 aliphatic heterocycles. The summed E-state index contributed by atoms with van der Waals surface area (Å²) in [6.45, 7) is 5.87. The van der Waals surface area contributed by atoms with Crippen LogP contribution in [0.1, 0.15) is 86.0 Å². The Hall–Kier alpha value is -4.67. The summed E-state index contributed by atoms with van der Waals surface area (Å²) < 4.78 is 40.1. The van der Waals surface area contributed by atoms with Crippen LogP contribution in [-0.4, -0.2) is 55.2 Å². The molecule has 0 heterocycles. The third-order valence-corrected chi connectivity index (χ3v) is 9.92. The Morgan fingerprint density at radius 1 is 0.843 bits per heavy atom. The number of rotatable bonds is 13. The molecule has 0 spiro atoms. The SMILES string of the molecule is CC(C)(C)OC(=O)N(CCc1ccc(-c2ccc(C(=O)NS(=O)(=O)Cc3ccccc3)c(OC3CCCCC3)c2)cc1)C[C@H](O)c1ccccc1. The van der Waals surface area contributed by atoms with Crippen molar-refractivity contribution in [3.05, 3.63) is 125 Å². The fourth-order valence-corrected chi connectivity index (χ4v) is 7.17. The van der Waals surface area contributed by atoms with Crippen LogP contribution in [0, 0.1) is 0 Å². The van der Waals surface area contributed by atoms with Gasteiger partial charge in [0.1, 0.15) is 11.4 Å². The minimum Gasteiger partial charge on any atom is -0.490 e. The summed E-state index contributed by atoms with van der Waals surface area (Å²) in [7, 11) is -3.95. The summed E-state index contributed by atoms with van der Waals surface area (Å²) in [5, 5.41) is 10.9. The van der Waals surface area contributed by atoms with Gasteiger partial charge in [-0.1, -0.05) is 97.4 Å². The van der Waals surface area contributed by atoms with Crippen LogP contribution in [0.25, 0.3) is 11.1 Å². The number of benzene rings is 4. The maximum Gasteiger partial charge on any atom is 0.410 e. The first-order chi connectivity index (χ1) is 24.3. The predicted molar refractivity (Wildman–Crippen MR) is 199 cm³/mol. The van der Waals surface area contributed by atoms with Gasteiger partial charge < -0.3 is 19.5 Å². The molecular formula is C41H48N2O7S. The molecule has 0 radical (unpaired) electrons. The zero-order valence-corrected chi connectivity index (χ0v) is 30.4. The average Bonchev–Trinajstić information content (AvgIpc) is 3.10. The molecule has 0 aromatic heterocycles. The Morgan fingerprint density at radius 2 is 1.47 bits per heavy atom. The molecule has 1 aliphatic carbocycles. The van der Waals surface area contributed by atoms with Crippen molar-refractivity contribution in [2.45, 2.75) is 82.9 Å². The van der Waals surface area contributed by atoms with Gasteiger partial charge in [0.2, 0.25) is 10.0 Å². The van der Waals surface area contributed by atoms with Crippen molar-refractivity contribution < 1.29 is 32.6 Å². The molecule has 1 atom stereocenters. The van der Waals surface area contributed by atoms with Gasteiger partial charge in [0.05, 0.1) is 30.1 Å². The largest absolute Gasteiger partial charge is 0.490 e. The van der Waals surface area contributed by atoms with Gasteiger partial charge in [0.25, 0.3) is 5.91 Å². The lowest BCUT2D eigenvalue weighted by atomic mass is 9.97. The Labute approximate surface area is 301 Å². The van der Waals surface area contributed by atoms with E-state index in [1.165, 1.54) is 4.90 Å². The van der Waals surface area contributed by atoms with Crippen molar-refractivity contribution in [3.63, 3.8) is 0 Å². The number of nitrogens with zero attached hydrogens (tertiary/aromatic N) is 1. The molecule has 9 nitrogen and oxygen atoms in total. The molecule has 2 amide bonds. The number of carbonyl (C=O) groups excluding carboxylic acids is 2. The molecule has 1 fully saturated rings. The molecule has 0 saturated heterocycles. The van der Waals surface area contributed by atoms with Gasteiger partial charge in [-0.3, -0.25) is 4.79 Å². The summed E-state index contributed by atoms with van der Waals surface area (Å²) in [6, 6.07) is 31.1. The van der Waals surface area contributed by atoms with Crippen molar-refractivity contribution in [2.24, 2.45) is 0 Å². The van der Waals surface area contributed by atoms with E-state index in [0.717, 1.165) is 54.4 Å². The van der Waals surface area contributed by atoms with Gasteiger partial charge >= 0.3 is 6.09 Å². The van der Waals surface area contributed by atoms with E-state index in [0.29, 0.717) is 24.3 Å². The first-order valence-electron chi connectivity index (χ1n) is 17.5. The second-order valence-electron chi connectivity index (χ2n) is 14.1. The Morgan fingerprint density at radius 3 is 2.12 bits per heavy atom. The number of hydrogen-bond donors (Lipinski definition) is 2. The molecule has 10 heteroatoms. The number of nitrogens with one attached hydrogen (secondary N) is 1. The normalized spacial score (nSPS) is 14.4. The molecule has 0 bridgehead atoms. The van der Waals surface area contributed by atoms with E-state index in [4.69, 9.17) is 9.47 Å². The highest BCUT2D eigenvalue weighted by molar-refractivity contribution is 7.89. The third kappa shape index (κ3) is 11.4. The van der Waals surface area contributed by atoms with Crippen LogP contribution >= 0.6 is 0 Å². The van der Waals surface area contributed by atoms with Crippen molar-refractivity contribution in [1.29, 1.82) is 0 Å². The van der Waals surface area contributed by atoms with E-state index < -0.39 is 33.7 Å². The van der Waals surface area contributed by atoms with Crippen molar-refractivity contribution in [1.82, 2.24) is 9.62 Å². The van der Waals surface area contributed by atoms with Crippen molar-refractivity contribution in [3.8, 4) is 16.9 Å². The fraction of sp³-hybridized carbons (Fsp3) is 0.366. The summed E-state index contributed by atoms with van der Waals surface area (Å²) in [5.41, 5.74) is 3.48. The standard InChI is InChI=1S/C41H48N2O7S/c1-41(2,3)50-40(46)43(28-37(44)33-15-9-5-10-16-33)26-25-30-19-21-32(22-20-30)34-23-24-36(38(27-34)49-35-17-11-6-12-18-35)39(45)42-51(47,48)29-31-13-7-4-8-14-31/h4-5,7-10,13-16,19-24,27,35,37,44H,6,11-12,17-18,25-26,28-29H2,1-3H3,(H,42,45)/t37-/m0/s1. The third-order valence-electron chi connectivity index (χ3n) is 8.71. The van der Waals surface area contributed by atoms with E-state index in [-0.39, 0.29) is 24.0 Å². The molecule has 4 aromatic rings. The van der Waals surface area contributed by atoms with Gasteiger partial charge in [0, 0.05) is 6.54 Å². The van der Waals surface area contributed by atoms with Gasteiger partial charge in [-0.2, -0.15) is 0 Å². The molecule has 270 valence electrons. The van der Waals surface area contributed by atoms with Crippen LogP contribution in [0.5, 0.6) is 5.75 Å².